The summed E-state index contributed by atoms with van der Waals surface area (Å²) < 4.78 is 17.0. The van der Waals surface area contributed by atoms with Gasteiger partial charge in [0, 0.05) is 19.3 Å². The van der Waals surface area contributed by atoms with Gasteiger partial charge in [0.05, 0.1) is 0 Å². The van der Waals surface area contributed by atoms with E-state index >= 15 is 0 Å². The molecule has 0 rings (SSSR count). The molecular formula is C70H128O6. The molecule has 6 nitrogen and oxygen atoms in total. The topological polar surface area (TPSA) is 78.9 Å². The molecule has 0 aromatic rings. The summed E-state index contributed by atoms with van der Waals surface area (Å²) in [5.41, 5.74) is 0. The monoisotopic (exact) mass is 1060 g/mol. The Morgan fingerprint density at radius 1 is 0.263 bits per heavy atom. The Hall–Kier alpha value is -2.63. The lowest BCUT2D eigenvalue weighted by Crippen LogP contribution is -2.30. The summed E-state index contributed by atoms with van der Waals surface area (Å²) in [6, 6.07) is 0. The van der Waals surface area contributed by atoms with Crippen LogP contribution in [0.3, 0.4) is 0 Å². The first-order valence-corrected chi connectivity index (χ1v) is 33.6. The Kier molecular flexibility index (Phi) is 62.6. The zero-order valence-corrected chi connectivity index (χ0v) is 51.0. The van der Waals surface area contributed by atoms with Crippen LogP contribution in [0.1, 0.15) is 361 Å². The molecule has 1 atom stereocenters. The second kappa shape index (κ2) is 64.9. The van der Waals surface area contributed by atoms with E-state index in [0.717, 1.165) is 70.6 Å². The molecule has 0 bridgehead atoms. The third kappa shape index (κ3) is 62.2. The number of carbonyl (C=O) groups is 3. The number of allylic oxidation sites excluding steroid dienone is 8. The minimum atomic E-state index is -0.780. The standard InChI is InChI=1S/C70H128O6/c1-4-7-10-13-16-19-22-25-28-31-33-34-35-36-38-39-42-45-48-51-54-57-60-63-69(72)75-66-67(65-74-68(71)62-59-56-53-50-47-44-41-30-27-24-21-18-15-12-9-6-3)76-70(73)64-61-58-55-52-49-46-43-40-37-32-29-26-23-20-17-14-11-8-5-2/h17,20,26,29-31,33,41,67H,4-16,18-19,21-25,27-28,32,34-40,42-66H2,1-3H3/b20-17-,29-26-,33-31-,41-30-. The van der Waals surface area contributed by atoms with Crippen LogP contribution < -0.4 is 0 Å². The summed E-state index contributed by atoms with van der Waals surface area (Å²) >= 11 is 0. The van der Waals surface area contributed by atoms with E-state index in [1.165, 1.54) is 250 Å². The lowest BCUT2D eigenvalue weighted by atomic mass is 10.0. The predicted molar refractivity (Wildman–Crippen MR) is 330 cm³/mol. The summed E-state index contributed by atoms with van der Waals surface area (Å²) in [5, 5.41) is 0. The maximum atomic E-state index is 12.9. The van der Waals surface area contributed by atoms with Gasteiger partial charge < -0.3 is 14.2 Å². The van der Waals surface area contributed by atoms with Crippen LogP contribution in [0.25, 0.3) is 0 Å². The first-order valence-electron chi connectivity index (χ1n) is 33.6. The zero-order valence-electron chi connectivity index (χ0n) is 51.0. The number of esters is 3. The zero-order chi connectivity index (χ0) is 55.0. The summed E-state index contributed by atoms with van der Waals surface area (Å²) in [4.78, 5) is 38.4. The van der Waals surface area contributed by atoms with Crippen LogP contribution in [0.2, 0.25) is 0 Å². The van der Waals surface area contributed by atoms with Crippen molar-refractivity contribution in [2.24, 2.45) is 0 Å². The van der Waals surface area contributed by atoms with Crippen LogP contribution in [0.15, 0.2) is 48.6 Å². The molecule has 0 fully saturated rings. The molecule has 0 amide bonds. The van der Waals surface area contributed by atoms with Gasteiger partial charge in [-0.1, -0.05) is 288 Å². The Labute approximate surface area is 473 Å². The highest BCUT2D eigenvalue weighted by atomic mass is 16.6. The normalized spacial score (nSPS) is 12.3. The minimum absolute atomic E-state index is 0.0752. The lowest BCUT2D eigenvalue weighted by molar-refractivity contribution is -0.167. The van der Waals surface area contributed by atoms with Crippen molar-refractivity contribution in [2.45, 2.75) is 367 Å². The largest absolute Gasteiger partial charge is 0.462 e. The molecule has 0 saturated carbocycles. The fourth-order valence-electron chi connectivity index (χ4n) is 9.94. The Bertz CT molecular complexity index is 1310. The number of unbranched alkanes of at least 4 members (excludes halogenated alkanes) is 43. The number of rotatable bonds is 62. The molecule has 6 heteroatoms. The van der Waals surface area contributed by atoms with Crippen molar-refractivity contribution in [1.29, 1.82) is 0 Å². The number of ether oxygens (including phenoxy) is 3. The average Bonchev–Trinajstić information content (AvgIpc) is 3.42. The Morgan fingerprint density at radius 2 is 0.474 bits per heavy atom. The second-order valence-corrected chi connectivity index (χ2v) is 22.7. The third-order valence-electron chi connectivity index (χ3n) is 15.0. The van der Waals surface area contributed by atoms with Crippen molar-refractivity contribution >= 4 is 17.9 Å². The average molecular weight is 1070 g/mol. The molecule has 444 valence electrons. The molecule has 0 aliphatic heterocycles. The summed E-state index contributed by atoms with van der Waals surface area (Å²) in [6.45, 7) is 6.66. The maximum Gasteiger partial charge on any atom is 0.306 e. The van der Waals surface area contributed by atoms with E-state index in [1.807, 2.05) is 0 Å². The van der Waals surface area contributed by atoms with Gasteiger partial charge in [0.15, 0.2) is 6.10 Å². The van der Waals surface area contributed by atoms with Crippen molar-refractivity contribution < 1.29 is 28.6 Å². The van der Waals surface area contributed by atoms with E-state index < -0.39 is 6.10 Å². The fraction of sp³-hybridized carbons (Fsp3) is 0.843. The van der Waals surface area contributed by atoms with Gasteiger partial charge in [0.2, 0.25) is 0 Å². The first-order chi connectivity index (χ1) is 37.5. The van der Waals surface area contributed by atoms with Gasteiger partial charge in [-0.15, -0.1) is 0 Å². The third-order valence-corrected chi connectivity index (χ3v) is 15.0. The molecule has 0 spiro atoms. The molecule has 0 aliphatic rings. The van der Waals surface area contributed by atoms with Crippen LogP contribution in [0.4, 0.5) is 0 Å². The molecule has 0 N–H and O–H groups in total. The van der Waals surface area contributed by atoms with E-state index in [1.54, 1.807) is 0 Å². The van der Waals surface area contributed by atoms with E-state index in [2.05, 4.69) is 69.4 Å². The van der Waals surface area contributed by atoms with Crippen molar-refractivity contribution in [2.75, 3.05) is 13.2 Å². The first kappa shape index (κ1) is 73.4. The highest BCUT2D eigenvalue weighted by Crippen LogP contribution is 2.17. The SMILES string of the molecule is CCCCC/C=C\C/C=C\CCCCCCCCCCCC(=O)OC(COC(=O)CCCCCCC/C=C\CCCCCCCCC)COC(=O)CCCCCCCCCCCCC/C=C\CCCCCCCCCC. The van der Waals surface area contributed by atoms with E-state index in [0.29, 0.717) is 19.3 Å². The maximum absolute atomic E-state index is 12.9. The molecule has 0 saturated heterocycles. The van der Waals surface area contributed by atoms with E-state index in [-0.39, 0.29) is 31.1 Å². The molecule has 0 heterocycles. The molecule has 76 heavy (non-hydrogen) atoms. The second-order valence-electron chi connectivity index (χ2n) is 22.7. The van der Waals surface area contributed by atoms with Crippen LogP contribution in [0.5, 0.6) is 0 Å². The van der Waals surface area contributed by atoms with Gasteiger partial charge >= 0.3 is 17.9 Å². The van der Waals surface area contributed by atoms with Crippen LogP contribution >= 0.6 is 0 Å². The van der Waals surface area contributed by atoms with Crippen LogP contribution in [-0.2, 0) is 28.6 Å². The van der Waals surface area contributed by atoms with Gasteiger partial charge in [-0.05, 0) is 103 Å². The summed E-state index contributed by atoms with van der Waals surface area (Å²) in [5.74, 6) is -0.867. The van der Waals surface area contributed by atoms with Gasteiger partial charge in [0.25, 0.3) is 0 Å². The summed E-state index contributed by atoms with van der Waals surface area (Å²) in [7, 11) is 0. The minimum Gasteiger partial charge on any atom is -0.462 e. The smallest absolute Gasteiger partial charge is 0.306 e. The fourth-order valence-corrected chi connectivity index (χ4v) is 9.94. The Morgan fingerprint density at radius 3 is 0.763 bits per heavy atom. The van der Waals surface area contributed by atoms with Crippen molar-refractivity contribution in [3.63, 3.8) is 0 Å². The van der Waals surface area contributed by atoms with Crippen molar-refractivity contribution in [3.8, 4) is 0 Å². The van der Waals surface area contributed by atoms with Gasteiger partial charge in [-0.2, -0.15) is 0 Å². The highest BCUT2D eigenvalue weighted by Gasteiger charge is 2.19. The molecule has 0 aromatic heterocycles. The quantitative estimate of drug-likeness (QED) is 0.0261. The molecule has 0 radical (unpaired) electrons. The van der Waals surface area contributed by atoms with Crippen molar-refractivity contribution in [1.82, 2.24) is 0 Å². The number of hydrogen-bond donors (Lipinski definition) is 0. The highest BCUT2D eigenvalue weighted by molar-refractivity contribution is 5.71. The van der Waals surface area contributed by atoms with E-state index in [4.69, 9.17) is 14.2 Å². The lowest BCUT2D eigenvalue weighted by Gasteiger charge is -2.18. The molecule has 0 aromatic carbocycles. The number of carbonyl (C=O) groups excluding carboxylic acids is 3. The molecule has 0 aliphatic carbocycles. The molecule has 1 unspecified atom stereocenters. The predicted octanol–water partition coefficient (Wildman–Crippen LogP) is 22.9. The van der Waals surface area contributed by atoms with E-state index in [9.17, 15) is 14.4 Å². The summed E-state index contributed by atoms with van der Waals surface area (Å²) in [6.07, 6.45) is 81.2. The van der Waals surface area contributed by atoms with Gasteiger partial charge in [-0.25, -0.2) is 0 Å². The van der Waals surface area contributed by atoms with Gasteiger partial charge in [-0.3, -0.25) is 14.4 Å². The van der Waals surface area contributed by atoms with Crippen molar-refractivity contribution in [3.05, 3.63) is 48.6 Å². The number of hydrogen-bond acceptors (Lipinski definition) is 6. The van der Waals surface area contributed by atoms with Crippen LogP contribution in [-0.4, -0.2) is 37.2 Å². The molecular weight excluding hydrogens is 937 g/mol. The van der Waals surface area contributed by atoms with Crippen LogP contribution in [0, 0.1) is 0 Å². The Balaban J connectivity index is 4.33. The van der Waals surface area contributed by atoms with Gasteiger partial charge in [0.1, 0.15) is 13.2 Å².